The fourth-order valence-electron chi connectivity index (χ4n) is 1.54. The van der Waals surface area contributed by atoms with Crippen LogP contribution in [0, 0.1) is 0 Å². The summed E-state index contributed by atoms with van der Waals surface area (Å²) in [6.45, 7) is 0. The number of carbonyl (C=O) groups is 1. The fourth-order valence-corrected chi connectivity index (χ4v) is 2.17. The number of hydrogen-bond donors (Lipinski definition) is 1. The third-order valence-corrected chi connectivity index (χ3v) is 3.46. The first kappa shape index (κ1) is 16.8. The van der Waals surface area contributed by atoms with E-state index < -0.39 is 0 Å². The van der Waals surface area contributed by atoms with E-state index >= 15 is 0 Å². The van der Waals surface area contributed by atoms with Gasteiger partial charge in [-0.15, -0.1) is 0 Å². The molecule has 0 unspecified atom stereocenters. The van der Waals surface area contributed by atoms with Gasteiger partial charge in [-0.1, -0.05) is 42.1 Å². The van der Waals surface area contributed by atoms with E-state index in [2.05, 4.69) is 20.5 Å². The molecule has 0 spiro atoms. The molecular weight excluding hydrogens is 316 g/mol. The van der Waals surface area contributed by atoms with Crippen molar-refractivity contribution in [1.82, 2.24) is 15.4 Å². The maximum Gasteiger partial charge on any atom is 0.250 e. The number of hydrogen-bond acceptors (Lipinski definition) is 7. The Balaban J connectivity index is 1.85. The van der Waals surface area contributed by atoms with Crippen LogP contribution in [-0.4, -0.2) is 42.1 Å². The summed E-state index contributed by atoms with van der Waals surface area (Å²) in [7, 11) is 3.00. The van der Waals surface area contributed by atoms with Crippen molar-refractivity contribution >= 4 is 23.9 Å². The lowest BCUT2D eigenvalue weighted by Gasteiger charge is -2.05. The van der Waals surface area contributed by atoms with Crippen LogP contribution in [0.3, 0.4) is 0 Å². The number of carbonyl (C=O) groups excluding carboxylic acids is 1. The van der Waals surface area contributed by atoms with E-state index in [0.29, 0.717) is 16.9 Å². The van der Waals surface area contributed by atoms with Gasteiger partial charge in [0.05, 0.1) is 32.3 Å². The Morgan fingerprint density at radius 2 is 1.87 bits per heavy atom. The van der Waals surface area contributed by atoms with Crippen molar-refractivity contribution in [2.45, 2.75) is 5.16 Å². The van der Waals surface area contributed by atoms with Gasteiger partial charge in [-0.25, -0.2) is 5.43 Å². The molecular formula is C15H16N4O3S. The first-order valence-electron chi connectivity index (χ1n) is 6.68. The van der Waals surface area contributed by atoms with Gasteiger partial charge >= 0.3 is 0 Å². The summed E-state index contributed by atoms with van der Waals surface area (Å²) in [5.74, 6) is 0.624. The second-order valence-electron chi connectivity index (χ2n) is 4.23. The summed E-state index contributed by atoms with van der Waals surface area (Å²) in [5.41, 5.74) is 3.35. The van der Waals surface area contributed by atoms with Gasteiger partial charge in [-0.2, -0.15) is 15.1 Å². The zero-order chi connectivity index (χ0) is 16.5. The second-order valence-corrected chi connectivity index (χ2v) is 5.17. The molecule has 2 aromatic rings. The molecule has 0 fully saturated rings. The average molecular weight is 332 g/mol. The largest absolute Gasteiger partial charge is 0.481 e. The van der Waals surface area contributed by atoms with Gasteiger partial charge in [-0.3, -0.25) is 4.79 Å². The maximum absolute atomic E-state index is 11.8. The van der Waals surface area contributed by atoms with E-state index in [1.807, 2.05) is 30.3 Å². The summed E-state index contributed by atoms with van der Waals surface area (Å²) in [6.07, 6.45) is 1.58. The van der Waals surface area contributed by atoms with Gasteiger partial charge in [0.25, 0.3) is 5.91 Å². The van der Waals surface area contributed by atoms with Crippen LogP contribution in [0.5, 0.6) is 11.8 Å². The van der Waals surface area contributed by atoms with Crippen LogP contribution in [0.1, 0.15) is 5.56 Å². The van der Waals surface area contributed by atoms with Gasteiger partial charge in [0, 0.05) is 0 Å². The lowest BCUT2D eigenvalue weighted by Crippen LogP contribution is -2.19. The number of benzene rings is 1. The number of aromatic nitrogens is 2. The molecule has 0 aliphatic carbocycles. The summed E-state index contributed by atoms with van der Waals surface area (Å²) < 4.78 is 10.1. The highest BCUT2D eigenvalue weighted by Gasteiger charge is 2.08. The molecule has 1 N–H and O–H groups in total. The van der Waals surface area contributed by atoms with Gasteiger partial charge in [-0.05, 0) is 5.56 Å². The molecule has 120 valence electrons. The molecule has 7 nitrogen and oxygen atoms in total. The number of hydrazone groups is 1. The van der Waals surface area contributed by atoms with E-state index in [-0.39, 0.29) is 11.7 Å². The molecule has 2 rings (SSSR count). The van der Waals surface area contributed by atoms with Crippen LogP contribution < -0.4 is 14.9 Å². The Bertz CT molecular complexity index is 657. The first-order chi connectivity index (χ1) is 11.2. The number of ether oxygens (including phenoxy) is 2. The Kier molecular flexibility index (Phi) is 6.37. The minimum Gasteiger partial charge on any atom is -0.481 e. The molecule has 1 heterocycles. The summed E-state index contributed by atoms with van der Waals surface area (Å²) in [6, 6.07) is 11.0. The zero-order valence-corrected chi connectivity index (χ0v) is 13.5. The molecule has 8 heteroatoms. The van der Waals surface area contributed by atoms with Crippen LogP contribution in [0.4, 0.5) is 0 Å². The van der Waals surface area contributed by atoms with E-state index in [1.165, 1.54) is 26.0 Å². The number of thioether (sulfide) groups is 1. The first-order valence-corrected chi connectivity index (χ1v) is 7.66. The molecule has 0 saturated carbocycles. The standard InChI is InChI=1S/C15H16N4O3S/c1-21-13-8-14(22-2)18-15(17-13)23-10-12(20)19-16-9-11-6-4-3-5-7-11/h3-9H,10H2,1-2H3,(H,19,20). The fraction of sp³-hybridized carbons (Fsp3) is 0.200. The van der Waals surface area contributed by atoms with Crippen molar-refractivity contribution in [1.29, 1.82) is 0 Å². The number of methoxy groups -OCH3 is 2. The quantitative estimate of drug-likeness (QED) is 0.360. The topological polar surface area (TPSA) is 85.7 Å². The highest BCUT2D eigenvalue weighted by atomic mass is 32.2. The molecule has 1 aromatic heterocycles. The SMILES string of the molecule is COc1cc(OC)nc(SCC(=O)NN=Cc2ccccc2)n1. The Morgan fingerprint density at radius 1 is 1.22 bits per heavy atom. The predicted octanol–water partition coefficient (Wildman–Crippen LogP) is 1.74. The van der Waals surface area contributed by atoms with Crippen molar-refractivity contribution in [3.63, 3.8) is 0 Å². The molecule has 0 saturated heterocycles. The van der Waals surface area contributed by atoms with Crippen LogP contribution in [0.2, 0.25) is 0 Å². The summed E-state index contributed by atoms with van der Waals surface area (Å²) in [4.78, 5) is 20.0. The van der Waals surface area contributed by atoms with E-state index in [1.54, 1.807) is 12.3 Å². The van der Waals surface area contributed by atoms with Crippen molar-refractivity contribution < 1.29 is 14.3 Å². The third-order valence-electron chi connectivity index (χ3n) is 2.61. The molecule has 0 bridgehead atoms. The molecule has 1 amide bonds. The van der Waals surface area contributed by atoms with Gasteiger partial charge in [0.15, 0.2) is 5.16 Å². The minimum atomic E-state index is -0.257. The molecule has 1 aromatic carbocycles. The molecule has 0 atom stereocenters. The lowest BCUT2D eigenvalue weighted by atomic mass is 10.2. The van der Waals surface area contributed by atoms with Crippen LogP contribution in [0.25, 0.3) is 0 Å². The Labute approximate surface area is 138 Å². The predicted molar refractivity (Wildman–Crippen MR) is 88.0 cm³/mol. The number of nitrogens with one attached hydrogen (secondary N) is 1. The van der Waals surface area contributed by atoms with Crippen molar-refractivity contribution in [2.24, 2.45) is 5.10 Å². The summed E-state index contributed by atoms with van der Waals surface area (Å²) >= 11 is 1.17. The third kappa shape index (κ3) is 5.59. The summed E-state index contributed by atoms with van der Waals surface area (Å²) in [5, 5.41) is 4.29. The lowest BCUT2D eigenvalue weighted by molar-refractivity contribution is -0.118. The Hall–Kier alpha value is -2.61. The highest BCUT2D eigenvalue weighted by Crippen LogP contribution is 2.21. The maximum atomic E-state index is 11.8. The Morgan fingerprint density at radius 3 is 2.48 bits per heavy atom. The van der Waals surface area contributed by atoms with Crippen LogP contribution >= 0.6 is 11.8 Å². The van der Waals surface area contributed by atoms with Crippen LogP contribution in [0.15, 0.2) is 46.7 Å². The normalized spacial score (nSPS) is 10.5. The number of nitrogens with zero attached hydrogens (tertiary/aromatic N) is 3. The molecule has 0 aliphatic heterocycles. The van der Waals surface area contributed by atoms with Gasteiger partial charge in [0.1, 0.15) is 0 Å². The van der Waals surface area contributed by atoms with Gasteiger partial charge in [0.2, 0.25) is 11.8 Å². The average Bonchev–Trinajstić information content (AvgIpc) is 2.60. The monoisotopic (exact) mass is 332 g/mol. The molecule has 23 heavy (non-hydrogen) atoms. The molecule has 0 radical (unpaired) electrons. The van der Waals surface area contributed by atoms with Crippen molar-refractivity contribution in [3.05, 3.63) is 42.0 Å². The van der Waals surface area contributed by atoms with Gasteiger partial charge < -0.3 is 9.47 Å². The second kappa shape index (κ2) is 8.74. The minimum absolute atomic E-state index is 0.127. The van der Waals surface area contributed by atoms with E-state index in [9.17, 15) is 4.79 Å². The van der Waals surface area contributed by atoms with Crippen molar-refractivity contribution in [2.75, 3.05) is 20.0 Å². The number of amides is 1. The van der Waals surface area contributed by atoms with Crippen molar-refractivity contribution in [3.8, 4) is 11.8 Å². The number of rotatable bonds is 7. The molecule has 0 aliphatic rings. The van der Waals surface area contributed by atoms with Crippen LogP contribution in [-0.2, 0) is 4.79 Å². The zero-order valence-electron chi connectivity index (χ0n) is 12.7. The highest BCUT2D eigenvalue weighted by molar-refractivity contribution is 7.99. The van der Waals surface area contributed by atoms with E-state index in [0.717, 1.165) is 5.56 Å². The smallest absolute Gasteiger partial charge is 0.250 e. The van der Waals surface area contributed by atoms with E-state index in [4.69, 9.17) is 9.47 Å².